The summed E-state index contributed by atoms with van der Waals surface area (Å²) in [5.41, 5.74) is 9.10. The van der Waals surface area contributed by atoms with Crippen molar-refractivity contribution in [3.63, 3.8) is 0 Å². The molecule has 20 heavy (non-hydrogen) atoms. The highest BCUT2D eigenvalue weighted by Gasteiger charge is 2.08. The molecule has 0 heterocycles. The second kappa shape index (κ2) is 6.35. The summed E-state index contributed by atoms with van der Waals surface area (Å²) in [5, 5.41) is 9.06. The fourth-order valence-corrected chi connectivity index (χ4v) is 2.27. The van der Waals surface area contributed by atoms with E-state index in [4.69, 9.17) is 10.8 Å². The first-order chi connectivity index (χ1) is 9.61. The van der Waals surface area contributed by atoms with E-state index in [9.17, 15) is 4.79 Å². The van der Waals surface area contributed by atoms with Crippen LogP contribution < -0.4 is 5.73 Å². The van der Waals surface area contributed by atoms with Crippen molar-refractivity contribution in [1.29, 1.82) is 0 Å². The smallest absolute Gasteiger partial charge is 0.335 e. The summed E-state index contributed by atoms with van der Waals surface area (Å²) < 4.78 is 0. The first kappa shape index (κ1) is 14.3. The van der Waals surface area contributed by atoms with Gasteiger partial charge < -0.3 is 10.8 Å². The first-order valence-corrected chi connectivity index (χ1v) is 6.75. The molecule has 0 saturated heterocycles. The Bertz CT molecular complexity index is 607. The van der Waals surface area contributed by atoms with E-state index in [0.717, 1.165) is 17.5 Å². The number of carboxylic acids is 1. The zero-order chi connectivity index (χ0) is 14.5. The molecule has 0 spiro atoms. The molecule has 3 N–H and O–H groups in total. The molecule has 0 aliphatic rings. The lowest BCUT2D eigenvalue weighted by atomic mass is 9.94. The Hall–Kier alpha value is -2.13. The number of carbonyl (C=O) groups is 1. The second-order valence-corrected chi connectivity index (χ2v) is 4.99. The molecule has 2 aromatic rings. The Kier molecular flexibility index (Phi) is 4.53. The minimum atomic E-state index is -0.903. The Balaban J connectivity index is 2.35. The van der Waals surface area contributed by atoms with E-state index in [1.807, 2.05) is 18.2 Å². The lowest BCUT2D eigenvalue weighted by Gasteiger charge is -2.12. The first-order valence-electron chi connectivity index (χ1n) is 6.75. The van der Waals surface area contributed by atoms with Crippen LogP contribution in [0.15, 0.2) is 48.5 Å². The van der Waals surface area contributed by atoms with Gasteiger partial charge in [0.15, 0.2) is 0 Å². The van der Waals surface area contributed by atoms with Gasteiger partial charge in [0.2, 0.25) is 0 Å². The van der Waals surface area contributed by atoms with Gasteiger partial charge in [-0.3, -0.25) is 0 Å². The number of hydrogen-bond acceptors (Lipinski definition) is 2. The van der Waals surface area contributed by atoms with E-state index in [1.165, 1.54) is 5.56 Å². The Labute approximate surface area is 119 Å². The number of aromatic carboxylic acids is 1. The summed E-state index contributed by atoms with van der Waals surface area (Å²) in [7, 11) is 0. The van der Waals surface area contributed by atoms with Crippen LogP contribution in [0.4, 0.5) is 0 Å². The van der Waals surface area contributed by atoms with Gasteiger partial charge >= 0.3 is 5.97 Å². The zero-order valence-corrected chi connectivity index (χ0v) is 11.5. The van der Waals surface area contributed by atoms with Crippen LogP contribution in [-0.2, 0) is 0 Å². The van der Waals surface area contributed by atoms with Crippen molar-refractivity contribution in [3.8, 4) is 11.1 Å². The average molecular weight is 269 g/mol. The standard InChI is InChI=1S/C17H19NO2/c1-12(8-9-18)13-4-2-5-14(10-13)15-6-3-7-16(11-15)17(19)20/h2-7,10-12H,8-9,18H2,1H3,(H,19,20). The molecular weight excluding hydrogens is 250 g/mol. The molecular formula is C17H19NO2. The highest BCUT2D eigenvalue weighted by Crippen LogP contribution is 2.26. The molecule has 1 atom stereocenters. The molecule has 0 aliphatic heterocycles. The highest BCUT2D eigenvalue weighted by atomic mass is 16.4. The van der Waals surface area contributed by atoms with E-state index in [1.54, 1.807) is 18.2 Å². The predicted octanol–water partition coefficient (Wildman–Crippen LogP) is 3.50. The second-order valence-electron chi connectivity index (χ2n) is 4.99. The minimum Gasteiger partial charge on any atom is -0.478 e. The van der Waals surface area contributed by atoms with Crippen LogP contribution in [0.25, 0.3) is 11.1 Å². The molecule has 1 unspecified atom stereocenters. The molecule has 104 valence electrons. The van der Waals surface area contributed by atoms with Gasteiger partial charge in [0.1, 0.15) is 0 Å². The van der Waals surface area contributed by atoms with Crippen molar-refractivity contribution < 1.29 is 9.90 Å². The third-order valence-corrected chi connectivity index (χ3v) is 3.50. The SMILES string of the molecule is CC(CCN)c1cccc(-c2cccc(C(=O)O)c2)c1. The van der Waals surface area contributed by atoms with Crippen molar-refractivity contribution in [2.75, 3.05) is 6.54 Å². The van der Waals surface area contributed by atoms with Gasteiger partial charge in [-0.15, -0.1) is 0 Å². The van der Waals surface area contributed by atoms with Gasteiger partial charge in [0.25, 0.3) is 0 Å². The van der Waals surface area contributed by atoms with Crippen molar-refractivity contribution >= 4 is 5.97 Å². The lowest BCUT2D eigenvalue weighted by molar-refractivity contribution is 0.0697. The number of carboxylic acid groups (broad SMARTS) is 1. The molecule has 2 aromatic carbocycles. The van der Waals surface area contributed by atoms with Gasteiger partial charge in [-0.05, 0) is 47.7 Å². The monoisotopic (exact) mass is 269 g/mol. The summed E-state index contributed by atoms with van der Waals surface area (Å²) in [6.45, 7) is 2.82. The molecule has 0 aromatic heterocycles. The van der Waals surface area contributed by atoms with Gasteiger partial charge in [0, 0.05) is 0 Å². The van der Waals surface area contributed by atoms with E-state index in [-0.39, 0.29) is 0 Å². The summed E-state index contributed by atoms with van der Waals surface area (Å²) in [6, 6.07) is 15.2. The Morgan fingerprint density at radius 3 is 2.45 bits per heavy atom. The van der Waals surface area contributed by atoms with Gasteiger partial charge in [0.05, 0.1) is 5.56 Å². The number of benzene rings is 2. The summed E-state index contributed by atoms with van der Waals surface area (Å²) in [5.74, 6) is -0.498. The maximum atomic E-state index is 11.0. The lowest BCUT2D eigenvalue weighted by Crippen LogP contribution is -2.04. The largest absolute Gasteiger partial charge is 0.478 e. The molecule has 0 bridgehead atoms. The molecule has 3 nitrogen and oxygen atoms in total. The highest BCUT2D eigenvalue weighted by molar-refractivity contribution is 5.89. The molecule has 0 aliphatic carbocycles. The van der Waals surface area contributed by atoms with Crippen LogP contribution >= 0.6 is 0 Å². The van der Waals surface area contributed by atoms with Crippen LogP contribution in [0.1, 0.15) is 35.2 Å². The summed E-state index contributed by atoms with van der Waals surface area (Å²) in [6.07, 6.45) is 0.943. The molecule has 0 saturated carbocycles. The van der Waals surface area contributed by atoms with Crippen LogP contribution in [0.3, 0.4) is 0 Å². The molecule has 3 heteroatoms. The average Bonchev–Trinajstić information content (AvgIpc) is 2.48. The van der Waals surface area contributed by atoms with E-state index >= 15 is 0 Å². The summed E-state index contributed by atoms with van der Waals surface area (Å²) >= 11 is 0. The zero-order valence-electron chi connectivity index (χ0n) is 11.5. The Morgan fingerprint density at radius 2 is 1.80 bits per heavy atom. The molecule has 2 rings (SSSR count). The van der Waals surface area contributed by atoms with Crippen molar-refractivity contribution in [1.82, 2.24) is 0 Å². The van der Waals surface area contributed by atoms with E-state index in [2.05, 4.69) is 19.1 Å². The molecule has 0 amide bonds. The number of hydrogen-bond donors (Lipinski definition) is 2. The summed E-state index contributed by atoms with van der Waals surface area (Å²) in [4.78, 5) is 11.0. The van der Waals surface area contributed by atoms with Gasteiger partial charge in [-0.1, -0.05) is 43.3 Å². The number of nitrogens with two attached hydrogens (primary N) is 1. The maximum absolute atomic E-state index is 11.0. The van der Waals surface area contributed by atoms with Crippen LogP contribution in [0.5, 0.6) is 0 Å². The topological polar surface area (TPSA) is 63.3 Å². The third kappa shape index (κ3) is 3.25. The van der Waals surface area contributed by atoms with Crippen LogP contribution in [-0.4, -0.2) is 17.6 Å². The van der Waals surface area contributed by atoms with Gasteiger partial charge in [-0.25, -0.2) is 4.79 Å². The third-order valence-electron chi connectivity index (χ3n) is 3.50. The van der Waals surface area contributed by atoms with Crippen molar-refractivity contribution in [3.05, 3.63) is 59.7 Å². The minimum absolute atomic E-state index is 0.308. The van der Waals surface area contributed by atoms with Crippen molar-refractivity contribution in [2.24, 2.45) is 5.73 Å². The fraction of sp³-hybridized carbons (Fsp3) is 0.235. The van der Waals surface area contributed by atoms with E-state index < -0.39 is 5.97 Å². The number of rotatable bonds is 5. The molecule has 0 radical (unpaired) electrons. The fourth-order valence-electron chi connectivity index (χ4n) is 2.27. The Morgan fingerprint density at radius 1 is 1.15 bits per heavy atom. The molecule has 0 fully saturated rings. The van der Waals surface area contributed by atoms with Crippen molar-refractivity contribution in [2.45, 2.75) is 19.3 Å². The van der Waals surface area contributed by atoms with Gasteiger partial charge in [-0.2, -0.15) is 0 Å². The quantitative estimate of drug-likeness (QED) is 0.873. The predicted molar refractivity (Wildman–Crippen MR) is 80.9 cm³/mol. The van der Waals surface area contributed by atoms with Crippen LogP contribution in [0.2, 0.25) is 0 Å². The normalized spacial score (nSPS) is 12.1. The maximum Gasteiger partial charge on any atom is 0.335 e. The van der Waals surface area contributed by atoms with Crippen LogP contribution in [0, 0.1) is 0 Å². The van der Waals surface area contributed by atoms with E-state index in [0.29, 0.717) is 18.0 Å².